The van der Waals surface area contributed by atoms with Gasteiger partial charge in [0, 0.05) is 29.0 Å². The van der Waals surface area contributed by atoms with Gasteiger partial charge in [-0.3, -0.25) is 9.59 Å². The first kappa shape index (κ1) is 23.1. The fraction of sp³-hybridized carbons (Fsp3) is 0.130. The second-order valence-corrected chi connectivity index (χ2v) is 8.74. The molecule has 3 N–H and O–H groups in total. The van der Waals surface area contributed by atoms with Crippen LogP contribution in [0.5, 0.6) is 0 Å². The number of anilines is 2. The molecule has 0 saturated heterocycles. The molecule has 9 heteroatoms. The number of nitrogens with one attached hydrogen (secondary N) is 3. The maximum atomic E-state index is 13.3. The molecular weight excluding hydrogens is 433 g/mol. The SMILES string of the molecule is CCNS(=O)(=O)c1ccc(C)c(C(=O)Nc2cccc(C(=O)Nc3cccc(F)c3)c2)c1. The van der Waals surface area contributed by atoms with Crippen molar-refractivity contribution in [1.82, 2.24) is 4.72 Å². The molecule has 0 fully saturated rings. The van der Waals surface area contributed by atoms with Gasteiger partial charge in [-0.05, 0) is 61.0 Å². The smallest absolute Gasteiger partial charge is 0.255 e. The van der Waals surface area contributed by atoms with Crippen molar-refractivity contribution in [3.8, 4) is 0 Å². The molecule has 0 aromatic heterocycles. The molecule has 7 nitrogen and oxygen atoms in total. The van der Waals surface area contributed by atoms with Crippen LogP contribution in [-0.4, -0.2) is 26.8 Å². The summed E-state index contributed by atoms with van der Waals surface area (Å²) in [5.41, 5.74) is 1.70. The molecule has 0 bridgehead atoms. The van der Waals surface area contributed by atoms with Gasteiger partial charge >= 0.3 is 0 Å². The van der Waals surface area contributed by atoms with Crippen molar-refractivity contribution in [3.63, 3.8) is 0 Å². The Morgan fingerprint density at radius 2 is 1.53 bits per heavy atom. The Kier molecular flexibility index (Phi) is 7.01. The van der Waals surface area contributed by atoms with Crippen LogP contribution in [0.4, 0.5) is 15.8 Å². The van der Waals surface area contributed by atoms with E-state index >= 15 is 0 Å². The topological polar surface area (TPSA) is 104 Å². The number of carbonyl (C=O) groups excluding carboxylic acids is 2. The van der Waals surface area contributed by atoms with Crippen molar-refractivity contribution in [1.29, 1.82) is 0 Å². The first-order chi connectivity index (χ1) is 15.2. The van der Waals surface area contributed by atoms with Gasteiger partial charge < -0.3 is 10.6 Å². The Bertz CT molecular complexity index is 1280. The number of aryl methyl sites for hydroxylation is 1. The van der Waals surface area contributed by atoms with E-state index in [9.17, 15) is 22.4 Å². The summed E-state index contributed by atoms with van der Waals surface area (Å²) in [5, 5.41) is 5.27. The molecule has 3 aromatic carbocycles. The number of rotatable bonds is 7. The molecule has 0 spiro atoms. The standard InChI is InChI=1S/C23H22FN3O4S/c1-3-25-32(30,31)20-11-10-15(2)21(14-20)23(29)27-18-8-4-6-16(12-18)22(28)26-19-9-5-7-17(24)13-19/h4-14,25H,3H2,1-2H3,(H,26,28)(H,27,29). The second kappa shape index (κ2) is 9.71. The molecule has 0 unspecified atom stereocenters. The summed E-state index contributed by atoms with van der Waals surface area (Å²) < 4.78 is 40.2. The summed E-state index contributed by atoms with van der Waals surface area (Å²) in [7, 11) is -3.72. The lowest BCUT2D eigenvalue weighted by molar-refractivity contribution is 0.101. The number of hydrogen-bond donors (Lipinski definition) is 3. The van der Waals surface area contributed by atoms with Crippen molar-refractivity contribution in [3.05, 3.63) is 89.2 Å². The fourth-order valence-corrected chi connectivity index (χ4v) is 4.06. The molecule has 32 heavy (non-hydrogen) atoms. The molecule has 0 radical (unpaired) electrons. The third-order valence-corrected chi connectivity index (χ3v) is 6.11. The minimum atomic E-state index is -3.72. The number of benzene rings is 3. The summed E-state index contributed by atoms with van der Waals surface area (Å²) in [5.74, 6) is -1.46. The van der Waals surface area contributed by atoms with Crippen LogP contribution in [-0.2, 0) is 10.0 Å². The van der Waals surface area contributed by atoms with E-state index < -0.39 is 27.7 Å². The molecule has 0 aliphatic heterocycles. The van der Waals surface area contributed by atoms with E-state index in [1.165, 1.54) is 36.4 Å². The second-order valence-electron chi connectivity index (χ2n) is 6.98. The molecule has 3 aromatic rings. The molecule has 0 heterocycles. The van der Waals surface area contributed by atoms with Crippen molar-refractivity contribution >= 4 is 33.2 Å². The van der Waals surface area contributed by atoms with Crippen LogP contribution in [0.1, 0.15) is 33.2 Å². The van der Waals surface area contributed by atoms with Gasteiger partial charge in [0.05, 0.1) is 4.90 Å². The minimum absolute atomic E-state index is 0.0154. The summed E-state index contributed by atoms with van der Waals surface area (Å²) in [6, 6.07) is 16.0. The number of hydrogen-bond acceptors (Lipinski definition) is 4. The van der Waals surface area contributed by atoms with Gasteiger partial charge in [0.2, 0.25) is 10.0 Å². The molecule has 0 saturated carbocycles. The van der Waals surface area contributed by atoms with Gasteiger partial charge in [0.25, 0.3) is 11.8 Å². The highest BCUT2D eigenvalue weighted by molar-refractivity contribution is 7.89. The van der Waals surface area contributed by atoms with E-state index in [-0.39, 0.29) is 22.6 Å². The predicted molar refractivity (Wildman–Crippen MR) is 121 cm³/mol. The van der Waals surface area contributed by atoms with Crippen LogP contribution in [0.15, 0.2) is 71.6 Å². The quantitative estimate of drug-likeness (QED) is 0.502. The summed E-state index contributed by atoms with van der Waals surface area (Å²) >= 11 is 0. The van der Waals surface area contributed by atoms with Gasteiger partial charge in [-0.15, -0.1) is 0 Å². The van der Waals surface area contributed by atoms with Crippen molar-refractivity contribution in [2.75, 3.05) is 17.2 Å². The summed E-state index contributed by atoms with van der Waals surface area (Å²) in [6.07, 6.45) is 0. The van der Waals surface area contributed by atoms with Crippen LogP contribution < -0.4 is 15.4 Å². The summed E-state index contributed by atoms with van der Waals surface area (Å²) in [4.78, 5) is 25.3. The zero-order valence-corrected chi connectivity index (χ0v) is 18.3. The van der Waals surface area contributed by atoms with Crippen LogP contribution in [0, 0.1) is 12.7 Å². The first-order valence-corrected chi connectivity index (χ1v) is 11.3. The third-order valence-electron chi connectivity index (χ3n) is 4.56. The van der Waals surface area contributed by atoms with E-state index in [2.05, 4.69) is 15.4 Å². The first-order valence-electron chi connectivity index (χ1n) is 9.78. The van der Waals surface area contributed by atoms with E-state index in [4.69, 9.17) is 0 Å². The Hall–Kier alpha value is -3.56. The Morgan fingerprint density at radius 3 is 2.22 bits per heavy atom. The molecule has 0 atom stereocenters. The molecule has 166 valence electrons. The normalized spacial score (nSPS) is 11.1. The summed E-state index contributed by atoms with van der Waals surface area (Å²) in [6.45, 7) is 3.58. The highest BCUT2D eigenvalue weighted by Crippen LogP contribution is 2.19. The van der Waals surface area contributed by atoms with E-state index in [1.807, 2.05) is 0 Å². The van der Waals surface area contributed by atoms with Gasteiger partial charge in [-0.2, -0.15) is 0 Å². The predicted octanol–water partition coefficient (Wildman–Crippen LogP) is 3.94. The average molecular weight is 456 g/mol. The van der Waals surface area contributed by atoms with Crippen molar-refractivity contribution in [2.45, 2.75) is 18.7 Å². The maximum absolute atomic E-state index is 13.3. The Morgan fingerprint density at radius 1 is 0.875 bits per heavy atom. The third kappa shape index (κ3) is 5.57. The van der Waals surface area contributed by atoms with E-state index in [0.717, 1.165) is 0 Å². The van der Waals surface area contributed by atoms with Crippen LogP contribution >= 0.6 is 0 Å². The molecule has 0 aliphatic rings. The molecule has 3 rings (SSSR count). The fourth-order valence-electron chi connectivity index (χ4n) is 2.99. The Labute approximate surface area is 185 Å². The lowest BCUT2D eigenvalue weighted by Crippen LogP contribution is -2.24. The van der Waals surface area contributed by atoms with Crippen molar-refractivity contribution < 1.29 is 22.4 Å². The monoisotopic (exact) mass is 455 g/mol. The van der Waals surface area contributed by atoms with Crippen LogP contribution in [0.3, 0.4) is 0 Å². The van der Waals surface area contributed by atoms with E-state index in [1.54, 1.807) is 44.2 Å². The highest BCUT2D eigenvalue weighted by Gasteiger charge is 2.18. The minimum Gasteiger partial charge on any atom is -0.322 e. The number of amides is 2. The number of carbonyl (C=O) groups is 2. The van der Waals surface area contributed by atoms with Gasteiger partial charge in [0.1, 0.15) is 5.82 Å². The van der Waals surface area contributed by atoms with Gasteiger partial charge in [-0.1, -0.05) is 25.1 Å². The largest absolute Gasteiger partial charge is 0.322 e. The number of halogens is 1. The molecule has 2 amide bonds. The highest BCUT2D eigenvalue weighted by atomic mass is 32.2. The lowest BCUT2D eigenvalue weighted by Gasteiger charge is -2.12. The van der Waals surface area contributed by atoms with Crippen LogP contribution in [0.25, 0.3) is 0 Å². The average Bonchev–Trinajstić information content (AvgIpc) is 2.74. The zero-order chi connectivity index (χ0) is 23.3. The number of sulfonamides is 1. The zero-order valence-electron chi connectivity index (χ0n) is 17.5. The molecule has 0 aliphatic carbocycles. The lowest BCUT2D eigenvalue weighted by atomic mass is 10.1. The van der Waals surface area contributed by atoms with E-state index in [0.29, 0.717) is 16.9 Å². The maximum Gasteiger partial charge on any atom is 0.255 e. The van der Waals surface area contributed by atoms with Crippen LogP contribution in [0.2, 0.25) is 0 Å². The van der Waals surface area contributed by atoms with Gasteiger partial charge in [0.15, 0.2) is 0 Å². The Balaban J connectivity index is 1.79. The molecular formula is C23H22FN3O4S. The van der Waals surface area contributed by atoms with Crippen molar-refractivity contribution in [2.24, 2.45) is 0 Å². The van der Waals surface area contributed by atoms with Gasteiger partial charge in [-0.25, -0.2) is 17.5 Å².